The fraction of sp³-hybridized carbons (Fsp3) is 0.462. The Hall–Kier alpha value is -1.24. The molecule has 0 radical (unpaired) electrons. The van der Waals surface area contributed by atoms with Crippen LogP contribution in [0.15, 0.2) is 22.7 Å². The van der Waals surface area contributed by atoms with Gasteiger partial charge in [0.2, 0.25) is 0 Å². The zero-order valence-corrected chi connectivity index (χ0v) is 12.2. The fourth-order valence-corrected chi connectivity index (χ4v) is 2.92. The average Bonchev–Trinajstić information content (AvgIpc) is 2.69. The van der Waals surface area contributed by atoms with E-state index in [1.165, 1.54) is 17.0 Å². The molecule has 0 saturated carbocycles. The molecular weight excluding hydrogens is 339 g/mol. The van der Waals surface area contributed by atoms with Gasteiger partial charge in [-0.25, -0.2) is 4.79 Å². The normalized spacial score (nSPS) is 23.1. The van der Waals surface area contributed by atoms with Gasteiger partial charge in [-0.05, 0) is 30.5 Å². The first kappa shape index (κ1) is 15.2. The quantitative estimate of drug-likeness (QED) is 0.881. The molecule has 3 nitrogen and oxygen atoms in total. The highest BCUT2D eigenvalue weighted by molar-refractivity contribution is 9.10. The first-order valence-electron chi connectivity index (χ1n) is 6.08. The molecule has 0 aromatic heterocycles. The lowest BCUT2D eigenvalue weighted by molar-refractivity contribution is -0.140. The number of anilines is 1. The van der Waals surface area contributed by atoms with E-state index in [9.17, 15) is 23.1 Å². The van der Waals surface area contributed by atoms with E-state index in [0.717, 1.165) is 6.07 Å². The van der Waals surface area contributed by atoms with Crippen LogP contribution in [0.2, 0.25) is 0 Å². The third-order valence-corrected chi connectivity index (χ3v) is 4.02. The van der Waals surface area contributed by atoms with Crippen LogP contribution in [-0.2, 0) is 11.0 Å². The molecule has 110 valence electrons. The van der Waals surface area contributed by atoms with E-state index in [2.05, 4.69) is 15.9 Å². The summed E-state index contributed by atoms with van der Waals surface area (Å²) in [6.07, 6.45) is -3.95. The molecule has 2 unspecified atom stereocenters. The Balaban J connectivity index is 2.51. The highest BCUT2D eigenvalue weighted by atomic mass is 79.9. The number of halogens is 4. The van der Waals surface area contributed by atoms with Crippen LogP contribution in [0.1, 0.15) is 18.9 Å². The zero-order valence-electron chi connectivity index (χ0n) is 10.6. The largest absolute Gasteiger partial charge is 0.480 e. The van der Waals surface area contributed by atoms with E-state index in [-0.39, 0.29) is 11.6 Å². The van der Waals surface area contributed by atoms with Gasteiger partial charge in [-0.3, -0.25) is 0 Å². The third kappa shape index (κ3) is 2.77. The van der Waals surface area contributed by atoms with Crippen LogP contribution >= 0.6 is 15.9 Å². The number of aliphatic carboxylic acids is 1. The second kappa shape index (κ2) is 5.27. The van der Waals surface area contributed by atoms with E-state index >= 15 is 0 Å². The molecule has 1 aliphatic heterocycles. The van der Waals surface area contributed by atoms with Crippen LogP contribution in [0, 0.1) is 5.92 Å². The van der Waals surface area contributed by atoms with Crippen molar-refractivity contribution in [2.24, 2.45) is 5.92 Å². The summed E-state index contributed by atoms with van der Waals surface area (Å²) in [4.78, 5) is 12.6. The lowest BCUT2D eigenvalue weighted by Gasteiger charge is -2.28. The molecule has 2 atom stereocenters. The van der Waals surface area contributed by atoms with Gasteiger partial charge >= 0.3 is 12.1 Å². The maximum Gasteiger partial charge on any atom is 0.418 e. The smallest absolute Gasteiger partial charge is 0.418 e. The predicted molar refractivity (Wildman–Crippen MR) is 71.7 cm³/mol. The van der Waals surface area contributed by atoms with Crippen molar-refractivity contribution in [3.05, 3.63) is 28.2 Å². The molecule has 1 aromatic carbocycles. The predicted octanol–water partition coefficient (Wildman–Crippen LogP) is 3.77. The van der Waals surface area contributed by atoms with Gasteiger partial charge < -0.3 is 10.0 Å². The summed E-state index contributed by atoms with van der Waals surface area (Å²) in [5.41, 5.74) is -0.885. The van der Waals surface area contributed by atoms with Crippen molar-refractivity contribution in [3.63, 3.8) is 0 Å². The minimum atomic E-state index is -4.51. The lowest BCUT2D eigenvalue weighted by Crippen LogP contribution is -2.40. The monoisotopic (exact) mass is 351 g/mol. The summed E-state index contributed by atoms with van der Waals surface area (Å²) in [7, 11) is 0. The third-order valence-electron chi connectivity index (χ3n) is 3.53. The summed E-state index contributed by atoms with van der Waals surface area (Å²) in [5, 5.41) is 9.24. The van der Waals surface area contributed by atoms with Crippen molar-refractivity contribution in [2.75, 3.05) is 11.4 Å². The Morgan fingerprint density at radius 2 is 2.10 bits per heavy atom. The highest BCUT2D eigenvalue weighted by Gasteiger charge is 2.41. The number of nitrogens with zero attached hydrogens (tertiary/aromatic N) is 1. The number of benzene rings is 1. The average molecular weight is 352 g/mol. The number of hydrogen-bond acceptors (Lipinski definition) is 2. The summed E-state index contributed by atoms with van der Waals surface area (Å²) < 4.78 is 39.7. The van der Waals surface area contributed by atoms with E-state index in [0.29, 0.717) is 17.4 Å². The standard InChI is InChI=1S/C13H13BrF3NO2/c1-7-4-5-18(11(7)12(19)20)10-6-8(14)2-3-9(10)13(15,16)17/h2-3,6-7,11H,4-5H2,1H3,(H,19,20). The highest BCUT2D eigenvalue weighted by Crippen LogP contribution is 2.41. The summed E-state index contributed by atoms with van der Waals surface area (Å²) in [6, 6.07) is 2.69. The molecule has 0 bridgehead atoms. The fourth-order valence-electron chi connectivity index (χ4n) is 2.58. The Kier molecular flexibility index (Phi) is 4.00. The Morgan fingerprint density at radius 1 is 1.45 bits per heavy atom. The van der Waals surface area contributed by atoms with Crippen molar-refractivity contribution in [3.8, 4) is 0 Å². The van der Waals surface area contributed by atoms with Gasteiger partial charge in [0.15, 0.2) is 0 Å². The molecule has 1 aliphatic rings. The second-order valence-corrected chi connectivity index (χ2v) is 5.82. The number of carboxylic acid groups (broad SMARTS) is 1. The topological polar surface area (TPSA) is 40.5 Å². The Morgan fingerprint density at radius 3 is 2.65 bits per heavy atom. The molecule has 1 saturated heterocycles. The zero-order chi connectivity index (χ0) is 15.1. The van der Waals surface area contributed by atoms with Crippen LogP contribution in [0.5, 0.6) is 0 Å². The first-order valence-corrected chi connectivity index (χ1v) is 6.87. The molecular formula is C13H13BrF3NO2. The van der Waals surface area contributed by atoms with E-state index in [1.807, 2.05) is 0 Å². The molecule has 1 aromatic rings. The summed E-state index contributed by atoms with van der Waals surface area (Å²) in [5.74, 6) is -1.28. The molecule has 0 amide bonds. The van der Waals surface area contributed by atoms with Gasteiger partial charge in [-0.15, -0.1) is 0 Å². The van der Waals surface area contributed by atoms with Gasteiger partial charge in [-0.1, -0.05) is 22.9 Å². The molecule has 1 heterocycles. The van der Waals surface area contributed by atoms with Crippen LogP contribution < -0.4 is 4.90 Å². The molecule has 0 aliphatic carbocycles. The summed E-state index contributed by atoms with van der Waals surface area (Å²) >= 11 is 3.14. The number of rotatable bonds is 2. The van der Waals surface area contributed by atoms with Crippen LogP contribution in [0.4, 0.5) is 18.9 Å². The van der Waals surface area contributed by atoms with Gasteiger partial charge in [-0.2, -0.15) is 13.2 Å². The van der Waals surface area contributed by atoms with E-state index < -0.39 is 23.8 Å². The van der Waals surface area contributed by atoms with Crippen molar-refractivity contribution in [1.82, 2.24) is 0 Å². The van der Waals surface area contributed by atoms with Crippen LogP contribution in [0.3, 0.4) is 0 Å². The maximum atomic E-state index is 13.1. The summed E-state index contributed by atoms with van der Waals surface area (Å²) in [6.45, 7) is 2.04. The lowest BCUT2D eigenvalue weighted by atomic mass is 10.0. The van der Waals surface area contributed by atoms with Gasteiger partial charge in [0.1, 0.15) is 6.04 Å². The van der Waals surface area contributed by atoms with Gasteiger partial charge in [0.05, 0.1) is 11.3 Å². The van der Waals surface area contributed by atoms with E-state index in [4.69, 9.17) is 0 Å². The number of hydrogen-bond donors (Lipinski definition) is 1. The molecule has 1 N–H and O–H groups in total. The molecule has 7 heteroatoms. The number of carboxylic acids is 1. The SMILES string of the molecule is CC1CCN(c2cc(Br)ccc2C(F)(F)F)C1C(=O)O. The molecule has 1 fully saturated rings. The minimum absolute atomic E-state index is 0.0800. The van der Waals surface area contributed by atoms with Gasteiger partial charge in [0.25, 0.3) is 0 Å². The van der Waals surface area contributed by atoms with Crippen molar-refractivity contribution < 1.29 is 23.1 Å². The second-order valence-electron chi connectivity index (χ2n) is 4.90. The Labute approximate surface area is 122 Å². The first-order chi connectivity index (χ1) is 9.21. The Bertz CT molecular complexity index is 533. The van der Waals surface area contributed by atoms with Crippen LogP contribution in [0.25, 0.3) is 0 Å². The number of alkyl halides is 3. The van der Waals surface area contributed by atoms with E-state index in [1.54, 1.807) is 6.92 Å². The molecule has 2 rings (SSSR count). The van der Waals surface area contributed by atoms with Crippen molar-refractivity contribution in [1.29, 1.82) is 0 Å². The maximum absolute atomic E-state index is 13.1. The van der Waals surface area contributed by atoms with Crippen molar-refractivity contribution in [2.45, 2.75) is 25.6 Å². The molecule has 20 heavy (non-hydrogen) atoms. The molecule has 0 spiro atoms. The van der Waals surface area contributed by atoms with Crippen molar-refractivity contribution >= 4 is 27.6 Å². The minimum Gasteiger partial charge on any atom is -0.480 e. The van der Waals surface area contributed by atoms with Crippen LogP contribution in [-0.4, -0.2) is 23.7 Å². The number of carbonyl (C=O) groups is 1. The van der Waals surface area contributed by atoms with Gasteiger partial charge in [0, 0.05) is 11.0 Å².